The minimum absolute atomic E-state index is 0.589. The number of hydrogen-bond acceptors (Lipinski definition) is 7. The lowest BCUT2D eigenvalue weighted by Gasteiger charge is -2.19. The van der Waals surface area contributed by atoms with Crippen molar-refractivity contribution in [1.82, 2.24) is 34.9 Å². The normalized spacial score (nSPS) is 11.1. The molecule has 294 valence electrons. The van der Waals surface area contributed by atoms with Crippen molar-refractivity contribution < 1.29 is 0 Å². The maximum absolute atomic E-state index is 5.18. The van der Waals surface area contributed by atoms with Crippen molar-refractivity contribution in [2.24, 2.45) is 0 Å². The molecule has 0 atom stereocenters. The Kier molecular flexibility index (Phi) is 10.3. The van der Waals surface area contributed by atoms with Crippen LogP contribution in [0.15, 0.2) is 200 Å². The van der Waals surface area contributed by atoms with Gasteiger partial charge in [0.25, 0.3) is 0 Å². The highest BCUT2D eigenvalue weighted by atomic mass is 15.0. The second kappa shape index (κ2) is 16.8. The van der Waals surface area contributed by atoms with Gasteiger partial charge in [0, 0.05) is 51.3 Å². The minimum atomic E-state index is 0.589. The van der Waals surface area contributed by atoms with Gasteiger partial charge in [0.15, 0.2) is 34.9 Å². The number of pyridine rings is 1. The molecule has 3 heterocycles. The molecule has 0 saturated carbocycles. The highest BCUT2D eigenvalue weighted by Gasteiger charge is 2.21. The summed E-state index contributed by atoms with van der Waals surface area (Å²) in [7, 11) is 0. The van der Waals surface area contributed by atoms with E-state index < -0.39 is 0 Å². The minimum Gasteiger partial charge on any atom is -0.264 e. The van der Waals surface area contributed by atoms with Crippen molar-refractivity contribution >= 4 is 0 Å². The number of hydrogen-bond donors (Lipinski definition) is 0. The summed E-state index contributed by atoms with van der Waals surface area (Å²) in [5.41, 5.74) is 13.8. The molecule has 0 aliphatic rings. The Bertz CT molecular complexity index is 3080. The lowest BCUT2D eigenvalue weighted by Crippen LogP contribution is -2.02. The quantitative estimate of drug-likeness (QED) is 0.144. The van der Waals surface area contributed by atoms with Crippen LogP contribution in [0.3, 0.4) is 0 Å². The van der Waals surface area contributed by atoms with Gasteiger partial charge in [-0.3, -0.25) is 4.98 Å². The Morgan fingerprint density at radius 1 is 0.274 bits per heavy atom. The smallest absolute Gasteiger partial charge is 0.164 e. The molecule has 0 unspecified atom stereocenters. The Morgan fingerprint density at radius 3 is 1.23 bits per heavy atom. The molecule has 0 fully saturated rings. The Morgan fingerprint density at radius 2 is 0.677 bits per heavy atom. The fourth-order valence-electron chi connectivity index (χ4n) is 7.84. The molecular weight excluding hydrogens is 759 g/mol. The number of aryl methyl sites for hydroxylation is 2. The first-order valence-electron chi connectivity index (χ1n) is 20.6. The van der Waals surface area contributed by atoms with Crippen LogP contribution in [0.1, 0.15) is 11.1 Å². The van der Waals surface area contributed by atoms with Crippen LogP contribution in [-0.4, -0.2) is 34.9 Å². The summed E-state index contributed by atoms with van der Waals surface area (Å²) in [6.45, 7) is 4.16. The first-order valence-corrected chi connectivity index (χ1v) is 20.6. The second-order valence-electron chi connectivity index (χ2n) is 15.2. The highest BCUT2D eigenvalue weighted by molar-refractivity contribution is 5.98. The number of rotatable bonds is 9. The standard InChI is InChI=1S/C55H39N7/c1-36-16-11-23-41(32-36)52-60-53(42-24-12-17-37(2)33-42)62-55(61-52)48-28-10-9-27-46(48)47-30-14-29-45(49(47)44-26-15-31-56-35-44)40-22-13-25-43(34-40)54-58-50(38-18-5-3-6-19-38)57-51(59-54)39-20-7-4-8-21-39/h3-35H,1-2H3. The van der Waals surface area contributed by atoms with Gasteiger partial charge < -0.3 is 0 Å². The molecule has 0 aliphatic heterocycles. The van der Waals surface area contributed by atoms with Gasteiger partial charge in [-0.1, -0.05) is 175 Å². The van der Waals surface area contributed by atoms with E-state index in [1.807, 2.05) is 91.1 Å². The van der Waals surface area contributed by atoms with E-state index in [4.69, 9.17) is 29.9 Å². The van der Waals surface area contributed by atoms with Crippen LogP contribution in [0.2, 0.25) is 0 Å². The molecule has 0 saturated heterocycles. The summed E-state index contributed by atoms with van der Waals surface area (Å²) >= 11 is 0. The molecule has 0 aliphatic carbocycles. The Labute approximate surface area is 360 Å². The van der Waals surface area contributed by atoms with E-state index in [0.29, 0.717) is 34.9 Å². The zero-order valence-electron chi connectivity index (χ0n) is 34.2. The van der Waals surface area contributed by atoms with E-state index in [1.54, 1.807) is 6.20 Å². The summed E-state index contributed by atoms with van der Waals surface area (Å²) in [6.07, 6.45) is 3.73. The van der Waals surface area contributed by atoms with Crippen molar-refractivity contribution in [2.75, 3.05) is 0 Å². The molecule has 7 nitrogen and oxygen atoms in total. The van der Waals surface area contributed by atoms with Crippen molar-refractivity contribution in [2.45, 2.75) is 13.8 Å². The van der Waals surface area contributed by atoms with E-state index in [2.05, 4.69) is 122 Å². The second-order valence-corrected chi connectivity index (χ2v) is 15.2. The third-order valence-electron chi connectivity index (χ3n) is 10.8. The largest absolute Gasteiger partial charge is 0.264 e. The molecule has 0 amide bonds. The van der Waals surface area contributed by atoms with Gasteiger partial charge in [-0.15, -0.1) is 0 Å². The van der Waals surface area contributed by atoms with Gasteiger partial charge in [0.05, 0.1) is 0 Å². The molecule has 0 spiro atoms. The molecule has 62 heavy (non-hydrogen) atoms. The molecule has 0 radical (unpaired) electrons. The van der Waals surface area contributed by atoms with E-state index in [0.717, 1.165) is 77.9 Å². The monoisotopic (exact) mass is 797 g/mol. The molecule has 7 heteroatoms. The molecule has 7 aromatic carbocycles. The van der Waals surface area contributed by atoms with Gasteiger partial charge in [0.2, 0.25) is 0 Å². The number of benzene rings is 7. The predicted octanol–water partition coefficient (Wildman–Crippen LogP) is 13.1. The van der Waals surface area contributed by atoms with Gasteiger partial charge >= 0.3 is 0 Å². The van der Waals surface area contributed by atoms with Gasteiger partial charge in [-0.25, -0.2) is 29.9 Å². The van der Waals surface area contributed by atoms with Crippen molar-refractivity contribution in [3.63, 3.8) is 0 Å². The maximum atomic E-state index is 5.18. The van der Waals surface area contributed by atoms with E-state index in [9.17, 15) is 0 Å². The molecule has 0 N–H and O–H groups in total. The zero-order chi connectivity index (χ0) is 41.8. The Hall–Kier alpha value is -8.29. The van der Waals surface area contributed by atoms with E-state index in [1.165, 1.54) is 0 Å². The number of aromatic nitrogens is 7. The van der Waals surface area contributed by atoms with Gasteiger partial charge in [-0.2, -0.15) is 0 Å². The maximum Gasteiger partial charge on any atom is 0.164 e. The van der Waals surface area contributed by atoms with Gasteiger partial charge in [0.1, 0.15) is 0 Å². The lowest BCUT2D eigenvalue weighted by atomic mass is 9.86. The molecule has 3 aromatic heterocycles. The third kappa shape index (κ3) is 7.78. The van der Waals surface area contributed by atoms with Crippen LogP contribution < -0.4 is 0 Å². The van der Waals surface area contributed by atoms with Crippen molar-refractivity contribution in [3.05, 3.63) is 212 Å². The zero-order valence-corrected chi connectivity index (χ0v) is 34.2. The average Bonchev–Trinajstić information content (AvgIpc) is 3.34. The van der Waals surface area contributed by atoms with Crippen LogP contribution in [0, 0.1) is 13.8 Å². The lowest BCUT2D eigenvalue weighted by molar-refractivity contribution is 1.07. The van der Waals surface area contributed by atoms with Crippen LogP contribution >= 0.6 is 0 Å². The summed E-state index contributed by atoms with van der Waals surface area (Å²) in [5.74, 6) is 3.64. The highest BCUT2D eigenvalue weighted by Crippen LogP contribution is 2.43. The Balaban J connectivity index is 1.15. The summed E-state index contributed by atoms with van der Waals surface area (Å²) < 4.78 is 0. The van der Waals surface area contributed by atoms with E-state index >= 15 is 0 Å². The third-order valence-corrected chi connectivity index (χ3v) is 10.8. The fraction of sp³-hybridized carbons (Fsp3) is 0.0364. The first kappa shape index (κ1) is 37.9. The molecular formula is C55H39N7. The van der Waals surface area contributed by atoms with Crippen LogP contribution in [-0.2, 0) is 0 Å². The predicted molar refractivity (Wildman–Crippen MR) is 249 cm³/mol. The first-order chi connectivity index (χ1) is 30.5. The van der Waals surface area contributed by atoms with E-state index in [-0.39, 0.29) is 0 Å². The summed E-state index contributed by atoms with van der Waals surface area (Å²) in [4.78, 5) is 35.0. The summed E-state index contributed by atoms with van der Waals surface area (Å²) in [5, 5.41) is 0. The van der Waals surface area contributed by atoms with Crippen LogP contribution in [0.5, 0.6) is 0 Å². The van der Waals surface area contributed by atoms with Crippen LogP contribution in [0.25, 0.3) is 102 Å². The topological polar surface area (TPSA) is 90.2 Å². The molecule has 0 bridgehead atoms. The van der Waals surface area contributed by atoms with Crippen LogP contribution in [0.4, 0.5) is 0 Å². The van der Waals surface area contributed by atoms with Crippen molar-refractivity contribution in [1.29, 1.82) is 0 Å². The van der Waals surface area contributed by atoms with Crippen molar-refractivity contribution in [3.8, 4) is 102 Å². The average molecular weight is 798 g/mol. The summed E-state index contributed by atoms with van der Waals surface area (Å²) in [6, 6.07) is 64.0. The number of nitrogens with zero attached hydrogens (tertiary/aromatic N) is 7. The molecule has 10 rings (SSSR count). The van der Waals surface area contributed by atoms with Gasteiger partial charge in [-0.05, 0) is 65.9 Å². The molecule has 10 aromatic rings. The SMILES string of the molecule is Cc1cccc(-c2nc(-c3cccc(C)c3)nc(-c3ccccc3-c3cccc(-c4cccc(-c5nc(-c6ccccc6)nc(-c6ccccc6)n5)c4)c3-c3cccnc3)n2)c1. The fourth-order valence-corrected chi connectivity index (χ4v) is 7.84.